The van der Waals surface area contributed by atoms with Gasteiger partial charge in [0.05, 0.1) is 6.54 Å². The van der Waals surface area contributed by atoms with E-state index >= 15 is 0 Å². The third kappa shape index (κ3) is 5.55. The van der Waals surface area contributed by atoms with Gasteiger partial charge in [-0.3, -0.25) is 0 Å². The third-order valence-corrected chi connectivity index (χ3v) is 3.93. The second kappa shape index (κ2) is 8.98. The number of hydrogen-bond donors (Lipinski definition) is 2. The number of nitrogens with one attached hydrogen (secondary N) is 1. The maximum atomic E-state index is 12.2. The Morgan fingerprint density at radius 1 is 1.16 bits per heavy atom. The average molecular weight is 459 g/mol. The highest BCUT2D eigenvalue weighted by atomic mass is 127. The van der Waals surface area contributed by atoms with Crippen molar-refractivity contribution in [2.45, 2.75) is 32.4 Å². The summed E-state index contributed by atoms with van der Waals surface area (Å²) in [5, 5.41) is 3.07. The van der Waals surface area contributed by atoms with Crippen molar-refractivity contribution in [1.82, 2.24) is 0 Å². The normalized spacial score (nSPS) is 13.3. The molecule has 0 amide bonds. The minimum atomic E-state index is -2.84. The summed E-state index contributed by atoms with van der Waals surface area (Å²) >= 11 is 0. The maximum Gasteiger partial charge on any atom is 0.387 e. The van der Waals surface area contributed by atoms with Crippen LogP contribution < -0.4 is 15.8 Å². The fraction of sp³-hybridized carbons (Fsp3) is 0.278. The number of aliphatic imine (C=N–C) groups is 1. The summed E-state index contributed by atoms with van der Waals surface area (Å²) < 4.78 is 28.8. The Balaban J connectivity index is 0.00000225. The topological polar surface area (TPSA) is 59.6 Å². The molecule has 25 heavy (non-hydrogen) atoms. The van der Waals surface area contributed by atoms with Gasteiger partial charge in [-0.25, -0.2) is 4.99 Å². The molecule has 4 nitrogen and oxygen atoms in total. The highest BCUT2D eigenvalue weighted by Gasteiger charge is 2.11. The largest absolute Gasteiger partial charge is 0.435 e. The van der Waals surface area contributed by atoms with E-state index in [4.69, 9.17) is 5.73 Å². The van der Waals surface area contributed by atoms with Crippen molar-refractivity contribution < 1.29 is 13.5 Å². The summed E-state index contributed by atoms with van der Waals surface area (Å²) in [6, 6.07) is 12.6. The maximum absolute atomic E-state index is 12.2. The Morgan fingerprint density at radius 3 is 2.76 bits per heavy atom. The van der Waals surface area contributed by atoms with Crippen molar-refractivity contribution in [3.63, 3.8) is 0 Å². The molecule has 0 radical (unpaired) electrons. The number of fused-ring (bicyclic) bond motifs is 1. The number of halogens is 3. The molecule has 1 aliphatic carbocycles. The zero-order chi connectivity index (χ0) is 16.9. The minimum absolute atomic E-state index is 0. The monoisotopic (exact) mass is 459 g/mol. The molecule has 0 fully saturated rings. The lowest BCUT2D eigenvalue weighted by molar-refractivity contribution is -0.0498. The molecule has 0 heterocycles. The van der Waals surface area contributed by atoms with Crippen molar-refractivity contribution >= 4 is 35.6 Å². The van der Waals surface area contributed by atoms with Crippen molar-refractivity contribution in [2.75, 3.05) is 5.32 Å². The molecule has 0 unspecified atom stereocenters. The Labute approximate surface area is 162 Å². The van der Waals surface area contributed by atoms with E-state index in [1.165, 1.54) is 29.7 Å². The average Bonchev–Trinajstić information content (AvgIpc) is 3.00. The first-order valence-electron chi connectivity index (χ1n) is 7.82. The second-order valence-electron chi connectivity index (χ2n) is 5.69. The first kappa shape index (κ1) is 19.4. The van der Waals surface area contributed by atoms with Gasteiger partial charge in [-0.05, 0) is 60.2 Å². The molecular weight excluding hydrogens is 439 g/mol. The van der Waals surface area contributed by atoms with Crippen LogP contribution in [0.5, 0.6) is 5.75 Å². The Morgan fingerprint density at radius 2 is 1.96 bits per heavy atom. The van der Waals surface area contributed by atoms with Gasteiger partial charge in [0.15, 0.2) is 5.96 Å². The van der Waals surface area contributed by atoms with Crippen LogP contribution >= 0.6 is 24.0 Å². The van der Waals surface area contributed by atoms with Crippen LogP contribution in [0, 0.1) is 0 Å². The number of ether oxygens (including phenoxy) is 1. The van der Waals surface area contributed by atoms with Crippen LogP contribution in [-0.2, 0) is 19.4 Å². The molecule has 2 aromatic carbocycles. The zero-order valence-corrected chi connectivity index (χ0v) is 15.9. The summed E-state index contributed by atoms with van der Waals surface area (Å²) in [5.74, 6) is 0.399. The lowest BCUT2D eigenvalue weighted by Crippen LogP contribution is -2.22. The summed E-state index contributed by atoms with van der Waals surface area (Å²) in [7, 11) is 0. The van der Waals surface area contributed by atoms with Crippen molar-refractivity contribution in [2.24, 2.45) is 10.7 Å². The van der Waals surface area contributed by atoms with Gasteiger partial charge >= 0.3 is 6.61 Å². The fourth-order valence-corrected chi connectivity index (χ4v) is 2.83. The SMILES string of the molecule is I.NC(=NCc1cccc(OC(F)F)c1)Nc1ccc2c(c1)CCC2. The van der Waals surface area contributed by atoms with E-state index in [0.29, 0.717) is 0 Å². The summed E-state index contributed by atoms with van der Waals surface area (Å²) in [6.07, 6.45) is 3.43. The molecule has 0 bridgehead atoms. The Bertz CT molecular complexity index is 753. The van der Waals surface area contributed by atoms with E-state index in [1.807, 2.05) is 6.07 Å². The Kier molecular flexibility index (Phi) is 6.98. The molecule has 0 aromatic heterocycles. The number of anilines is 1. The van der Waals surface area contributed by atoms with Crippen LogP contribution in [0.2, 0.25) is 0 Å². The van der Waals surface area contributed by atoms with Crippen LogP contribution in [0.25, 0.3) is 0 Å². The molecule has 7 heteroatoms. The van der Waals surface area contributed by atoms with E-state index in [-0.39, 0.29) is 42.2 Å². The Hall–Kier alpha value is -1.90. The van der Waals surface area contributed by atoms with E-state index in [2.05, 4.69) is 27.2 Å². The highest BCUT2D eigenvalue weighted by molar-refractivity contribution is 14.0. The van der Waals surface area contributed by atoms with Gasteiger partial charge in [0.1, 0.15) is 5.75 Å². The number of hydrogen-bond acceptors (Lipinski definition) is 2. The van der Waals surface area contributed by atoms with Crippen molar-refractivity contribution in [3.05, 3.63) is 59.2 Å². The number of rotatable bonds is 5. The van der Waals surface area contributed by atoms with E-state index in [9.17, 15) is 8.78 Å². The standard InChI is InChI=1S/C18H19F2N3O.HI/c19-17(20)24-16-6-1-3-12(9-16)11-22-18(21)23-15-8-7-13-4-2-5-14(13)10-15;/h1,3,6-10,17H,2,4-5,11H2,(H3,21,22,23);1H. The quantitative estimate of drug-likeness (QED) is 0.398. The number of alkyl halides is 2. The van der Waals surface area contributed by atoms with E-state index in [1.54, 1.807) is 12.1 Å². The van der Waals surface area contributed by atoms with Gasteiger partial charge in [0.2, 0.25) is 0 Å². The molecule has 0 aliphatic heterocycles. The van der Waals surface area contributed by atoms with Crippen LogP contribution in [-0.4, -0.2) is 12.6 Å². The summed E-state index contributed by atoms with van der Waals surface area (Å²) in [6.45, 7) is -2.56. The van der Waals surface area contributed by atoms with Gasteiger partial charge < -0.3 is 15.8 Å². The minimum Gasteiger partial charge on any atom is -0.435 e. The summed E-state index contributed by atoms with van der Waals surface area (Å²) in [5.41, 5.74) is 10.3. The van der Waals surface area contributed by atoms with Crippen molar-refractivity contribution in [1.29, 1.82) is 0 Å². The number of guanidine groups is 1. The second-order valence-corrected chi connectivity index (χ2v) is 5.69. The van der Waals surface area contributed by atoms with Gasteiger partial charge in [0.25, 0.3) is 0 Å². The van der Waals surface area contributed by atoms with Crippen molar-refractivity contribution in [3.8, 4) is 5.75 Å². The zero-order valence-electron chi connectivity index (χ0n) is 13.5. The van der Waals surface area contributed by atoms with Gasteiger partial charge in [-0.15, -0.1) is 24.0 Å². The molecule has 0 atom stereocenters. The number of nitrogens with zero attached hydrogens (tertiary/aromatic N) is 1. The fourth-order valence-electron chi connectivity index (χ4n) is 2.83. The van der Waals surface area contributed by atoms with Crippen LogP contribution in [0.1, 0.15) is 23.1 Å². The molecule has 134 valence electrons. The lowest BCUT2D eigenvalue weighted by Gasteiger charge is -2.08. The summed E-state index contributed by atoms with van der Waals surface area (Å²) in [4.78, 5) is 4.24. The van der Waals surface area contributed by atoms with Crippen LogP contribution in [0.4, 0.5) is 14.5 Å². The van der Waals surface area contributed by atoms with Gasteiger partial charge in [-0.1, -0.05) is 18.2 Å². The van der Waals surface area contributed by atoms with Gasteiger partial charge in [-0.2, -0.15) is 8.78 Å². The molecule has 0 saturated heterocycles. The molecule has 3 rings (SSSR count). The lowest BCUT2D eigenvalue weighted by atomic mass is 10.1. The molecule has 1 aliphatic rings. The number of benzene rings is 2. The predicted octanol–water partition coefficient (Wildman–Crippen LogP) is 4.32. The first-order chi connectivity index (χ1) is 11.6. The highest BCUT2D eigenvalue weighted by Crippen LogP contribution is 2.24. The van der Waals surface area contributed by atoms with E-state index in [0.717, 1.165) is 24.1 Å². The van der Waals surface area contributed by atoms with Crippen LogP contribution in [0.3, 0.4) is 0 Å². The van der Waals surface area contributed by atoms with Gasteiger partial charge in [0, 0.05) is 5.69 Å². The molecule has 3 N–H and O–H groups in total. The number of nitrogens with two attached hydrogens (primary N) is 1. The molecule has 0 spiro atoms. The predicted molar refractivity (Wildman–Crippen MR) is 106 cm³/mol. The van der Waals surface area contributed by atoms with Crippen LogP contribution in [0.15, 0.2) is 47.5 Å². The molecule has 2 aromatic rings. The third-order valence-electron chi connectivity index (χ3n) is 3.93. The first-order valence-corrected chi connectivity index (χ1v) is 7.82. The van der Waals surface area contributed by atoms with E-state index < -0.39 is 6.61 Å². The number of aryl methyl sites for hydroxylation is 2. The smallest absolute Gasteiger partial charge is 0.387 e. The molecular formula is C18H20F2IN3O. The molecule has 0 saturated carbocycles.